The number of nitrogens with zero attached hydrogens (tertiary/aromatic N) is 1. The Morgan fingerprint density at radius 2 is 1.86 bits per heavy atom. The highest BCUT2D eigenvalue weighted by Gasteiger charge is 2.46. The van der Waals surface area contributed by atoms with Gasteiger partial charge in [-0.05, 0) is 62.9 Å². The minimum Gasteiger partial charge on any atom is -0.296 e. The molecule has 21 heavy (non-hydrogen) atoms. The fraction of sp³-hybridized carbons (Fsp3) is 0.647. The van der Waals surface area contributed by atoms with E-state index in [0.29, 0.717) is 5.56 Å². The topological polar surface area (TPSA) is 41.3 Å². The summed E-state index contributed by atoms with van der Waals surface area (Å²) in [5.74, 6) is 5.81. The summed E-state index contributed by atoms with van der Waals surface area (Å²) >= 11 is 0. The van der Waals surface area contributed by atoms with Gasteiger partial charge in [0.2, 0.25) is 0 Å². The van der Waals surface area contributed by atoms with Gasteiger partial charge < -0.3 is 0 Å². The van der Waals surface area contributed by atoms with Gasteiger partial charge in [-0.25, -0.2) is 4.39 Å². The highest BCUT2D eigenvalue weighted by Crippen LogP contribution is 2.45. The minimum atomic E-state index is -0.142. The predicted octanol–water partition coefficient (Wildman–Crippen LogP) is 3.05. The van der Waals surface area contributed by atoms with Crippen molar-refractivity contribution in [3.63, 3.8) is 0 Å². The third kappa shape index (κ3) is 2.60. The Hall–Kier alpha value is -0.970. The molecule has 116 valence electrons. The van der Waals surface area contributed by atoms with E-state index in [1.54, 1.807) is 6.07 Å². The van der Waals surface area contributed by atoms with Crippen LogP contribution in [0.2, 0.25) is 0 Å². The molecule has 1 unspecified atom stereocenters. The van der Waals surface area contributed by atoms with Gasteiger partial charge in [0, 0.05) is 5.54 Å². The van der Waals surface area contributed by atoms with Crippen LogP contribution in [0.5, 0.6) is 0 Å². The quantitative estimate of drug-likeness (QED) is 0.662. The summed E-state index contributed by atoms with van der Waals surface area (Å²) in [5.41, 5.74) is 4.98. The molecule has 0 spiro atoms. The summed E-state index contributed by atoms with van der Waals surface area (Å²) in [5, 5.41) is 0. The maximum atomic E-state index is 13.6. The molecule has 1 aliphatic carbocycles. The van der Waals surface area contributed by atoms with Gasteiger partial charge in [0.1, 0.15) is 5.82 Å². The molecule has 0 amide bonds. The number of hydrogen-bond donors (Lipinski definition) is 2. The summed E-state index contributed by atoms with van der Waals surface area (Å²) in [6, 6.07) is 5.50. The van der Waals surface area contributed by atoms with Crippen LogP contribution < -0.4 is 11.3 Å². The van der Waals surface area contributed by atoms with E-state index in [4.69, 9.17) is 5.84 Å². The fourth-order valence-corrected chi connectivity index (χ4v) is 4.35. The molecule has 2 aliphatic rings. The number of rotatable bonds is 4. The van der Waals surface area contributed by atoms with Crippen LogP contribution in [0.15, 0.2) is 18.2 Å². The molecule has 0 aromatic heterocycles. The first kappa shape index (κ1) is 14.9. The molecule has 1 atom stereocenters. The van der Waals surface area contributed by atoms with Gasteiger partial charge in [-0.1, -0.05) is 25.0 Å². The zero-order valence-electron chi connectivity index (χ0n) is 12.9. The zero-order chi connectivity index (χ0) is 14.9. The molecule has 1 aromatic rings. The lowest BCUT2D eigenvalue weighted by Gasteiger charge is -2.45. The first-order chi connectivity index (χ1) is 10.2. The first-order valence-electron chi connectivity index (χ1n) is 8.14. The van der Waals surface area contributed by atoms with Crippen LogP contribution in [0.4, 0.5) is 4.39 Å². The third-order valence-electron chi connectivity index (χ3n) is 5.42. The largest absolute Gasteiger partial charge is 0.296 e. The highest BCUT2D eigenvalue weighted by atomic mass is 19.1. The molecular formula is C17H26FN3. The standard InChI is InChI=1S/C17H26FN3/c1-13-12-14(6-7-15(13)18)16(20-19)17(8-2-3-9-17)21-10-4-5-11-21/h6-7,12,16,20H,2-5,8-11,19H2,1H3. The monoisotopic (exact) mass is 291 g/mol. The van der Waals surface area contributed by atoms with Crippen LogP contribution in [-0.2, 0) is 0 Å². The third-order valence-corrected chi connectivity index (χ3v) is 5.42. The maximum Gasteiger partial charge on any atom is 0.126 e. The van der Waals surface area contributed by atoms with Crippen LogP contribution in [0.3, 0.4) is 0 Å². The summed E-state index contributed by atoms with van der Waals surface area (Å²) in [7, 11) is 0. The smallest absolute Gasteiger partial charge is 0.126 e. The lowest BCUT2D eigenvalue weighted by Crippen LogP contribution is -2.55. The Morgan fingerprint density at radius 1 is 1.19 bits per heavy atom. The Bertz CT molecular complexity index is 491. The zero-order valence-corrected chi connectivity index (χ0v) is 12.9. The molecule has 3 N–H and O–H groups in total. The number of aryl methyl sites for hydroxylation is 1. The molecule has 3 nitrogen and oxygen atoms in total. The average Bonchev–Trinajstić information content (AvgIpc) is 3.15. The van der Waals surface area contributed by atoms with Crippen molar-refractivity contribution in [2.45, 2.75) is 57.0 Å². The second kappa shape index (κ2) is 6.03. The van der Waals surface area contributed by atoms with E-state index >= 15 is 0 Å². The van der Waals surface area contributed by atoms with Gasteiger partial charge >= 0.3 is 0 Å². The summed E-state index contributed by atoms with van der Waals surface area (Å²) in [4.78, 5) is 2.63. The Kier molecular flexibility index (Phi) is 4.29. The van der Waals surface area contributed by atoms with Crippen molar-refractivity contribution in [1.82, 2.24) is 10.3 Å². The van der Waals surface area contributed by atoms with Crippen molar-refractivity contribution >= 4 is 0 Å². The number of nitrogens with two attached hydrogens (primary N) is 1. The summed E-state index contributed by atoms with van der Waals surface area (Å²) in [6.07, 6.45) is 7.43. The van der Waals surface area contributed by atoms with Crippen molar-refractivity contribution in [3.05, 3.63) is 35.1 Å². The number of hydrazine groups is 1. The Balaban J connectivity index is 1.96. The lowest BCUT2D eigenvalue weighted by molar-refractivity contribution is 0.0764. The summed E-state index contributed by atoms with van der Waals surface area (Å²) in [6.45, 7) is 4.15. The summed E-state index contributed by atoms with van der Waals surface area (Å²) < 4.78 is 13.6. The normalized spacial score (nSPS) is 23.6. The number of benzene rings is 1. The van der Waals surface area contributed by atoms with Crippen LogP contribution in [-0.4, -0.2) is 23.5 Å². The van der Waals surface area contributed by atoms with E-state index in [1.807, 2.05) is 19.1 Å². The van der Waals surface area contributed by atoms with E-state index in [9.17, 15) is 4.39 Å². The van der Waals surface area contributed by atoms with Crippen molar-refractivity contribution in [1.29, 1.82) is 0 Å². The molecule has 4 heteroatoms. The van der Waals surface area contributed by atoms with E-state index in [0.717, 1.165) is 5.56 Å². The molecule has 1 aromatic carbocycles. The molecule has 1 aliphatic heterocycles. The number of halogens is 1. The molecule has 0 radical (unpaired) electrons. The van der Waals surface area contributed by atoms with Gasteiger partial charge in [0.15, 0.2) is 0 Å². The van der Waals surface area contributed by atoms with E-state index in [-0.39, 0.29) is 17.4 Å². The van der Waals surface area contributed by atoms with Gasteiger partial charge in [-0.15, -0.1) is 0 Å². The predicted molar refractivity (Wildman–Crippen MR) is 83.2 cm³/mol. The highest BCUT2D eigenvalue weighted by molar-refractivity contribution is 5.30. The molecule has 0 bridgehead atoms. The molecule has 2 fully saturated rings. The second-order valence-corrected chi connectivity index (χ2v) is 6.61. The van der Waals surface area contributed by atoms with Crippen LogP contribution in [0, 0.1) is 12.7 Å². The second-order valence-electron chi connectivity index (χ2n) is 6.61. The van der Waals surface area contributed by atoms with E-state index in [2.05, 4.69) is 10.3 Å². The van der Waals surface area contributed by atoms with Gasteiger partial charge in [-0.3, -0.25) is 16.2 Å². The Labute approximate surface area is 126 Å². The molecule has 3 rings (SSSR count). The van der Waals surface area contributed by atoms with Gasteiger partial charge in [-0.2, -0.15) is 0 Å². The maximum absolute atomic E-state index is 13.6. The van der Waals surface area contributed by atoms with Crippen LogP contribution in [0.25, 0.3) is 0 Å². The minimum absolute atomic E-state index is 0.0809. The van der Waals surface area contributed by atoms with Crippen molar-refractivity contribution in [2.75, 3.05) is 13.1 Å². The number of likely N-dealkylation sites (tertiary alicyclic amines) is 1. The van der Waals surface area contributed by atoms with Crippen molar-refractivity contribution in [3.8, 4) is 0 Å². The fourth-order valence-electron chi connectivity index (χ4n) is 4.35. The van der Waals surface area contributed by atoms with Crippen LogP contribution in [0.1, 0.15) is 55.7 Å². The van der Waals surface area contributed by atoms with Crippen molar-refractivity contribution in [2.24, 2.45) is 5.84 Å². The number of hydrogen-bond acceptors (Lipinski definition) is 3. The molecule has 1 saturated carbocycles. The first-order valence-corrected chi connectivity index (χ1v) is 8.14. The lowest BCUT2D eigenvalue weighted by atomic mass is 9.82. The van der Waals surface area contributed by atoms with Crippen LogP contribution >= 0.6 is 0 Å². The van der Waals surface area contributed by atoms with E-state index in [1.165, 1.54) is 51.6 Å². The molecular weight excluding hydrogens is 265 g/mol. The van der Waals surface area contributed by atoms with E-state index < -0.39 is 0 Å². The van der Waals surface area contributed by atoms with Gasteiger partial charge in [0.25, 0.3) is 0 Å². The SMILES string of the molecule is Cc1cc(C(NN)C2(N3CCCC3)CCCC2)ccc1F. The van der Waals surface area contributed by atoms with Crippen molar-refractivity contribution < 1.29 is 4.39 Å². The average molecular weight is 291 g/mol. The number of nitrogens with one attached hydrogen (secondary N) is 1. The molecule has 1 heterocycles. The van der Waals surface area contributed by atoms with Gasteiger partial charge in [0.05, 0.1) is 6.04 Å². The Morgan fingerprint density at radius 3 is 2.43 bits per heavy atom. The molecule has 1 saturated heterocycles.